The summed E-state index contributed by atoms with van der Waals surface area (Å²) in [6, 6.07) is 18.6. The van der Waals surface area contributed by atoms with E-state index in [0.717, 1.165) is 22.3 Å². The van der Waals surface area contributed by atoms with Crippen molar-refractivity contribution in [2.75, 3.05) is 0 Å². The Bertz CT molecular complexity index is 986. The van der Waals surface area contributed by atoms with Gasteiger partial charge in [-0.05, 0) is 54.3 Å². The topological polar surface area (TPSA) is 50.3 Å². The number of aryl methyl sites for hydroxylation is 2. The van der Waals surface area contributed by atoms with Gasteiger partial charge in [0, 0.05) is 25.5 Å². The SMILES string of the molecule is Cc1cccc(S(=O)(=O)N(Cc2cccnc2)Cc2ccccc2C)c1. The molecule has 5 heteroatoms. The van der Waals surface area contributed by atoms with Crippen molar-refractivity contribution in [3.63, 3.8) is 0 Å². The van der Waals surface area contributed by atoms with Crippen molar-refractivity contribution in [3.05, 3.63) is 95.3 Å². The minimum Gasteiger partial charge on any atom is -0.264 e. The number of aromatic nitrogens is 1. The molecule has 0 aliphatic rings. The van der Waals surface area contributed by atoms with E-state index < -0.39 is 10.0 Å². The first-order valence-electron chi connectivity index (χ1n) is 8.47. The molecular weight excluding hydrogens is 344 g/mol. The Morgan fingerprint density at radius 3 is 2.42 bits per heavy atom. The van der Waals surface area contributed by atoms with Gasteiger partial charge in [0.25, 0.3) is 0 Å². The van der Waals surface area contributed by atoms with Crippen molar-refractivity contribution < 1.29 is 8.42 Å². The fourth-order valence-corrected chi connectivity index (χ4v) is 4.34. The van der Waals surface area contributed by atoms with Crippen LogP contribution in [0.5, 0.6) is 0 Å². The van der Waals surface area contributed by atoms with Crippen LogP contribution in [0.4, 0.5) is 0 Å². The number of benzene rings is 2. The first-order valence-corrected chi connectivity index (χ1v) is 9.91. The summed E-state index contributed by atoms with van der Waals surface area (Å²) >= 11 is 0. The molecule has 26 heavy (non-hydrogen) atoms. The van der Waals surface area contributed by atoms with Crippen LogP contribution in [-0.4, -0.2) is 17.7 Å². The third kappa shape index (κ3) is 4.18. The van der Waals surface area contributed by atoms with Crippen molar-refractivity contribution in [3.8, 4) is 0 Å². The van der Waals surface area contributed by atoms with Crippen LogP contribution in [0, 0.1) is 13.8 Å². The molecule has 0 atom stereocenters. The summed E-state index contributed by atoms with van der Waals surface area (Å²) in [5.41, 5.74) is 3.84. The second-order valence-electron chi connectivity index (χ2n) is 6.38. The van der Waals surface area contributed by atoms with Gasteiger partial charge in [-0.25, -0.2) is 8.42 Å². The molecule has 0 spiro atoms. The van der Waals surface area contributed by atoms with Gasteiger partial charge in [-0.3, -0.25) is 4.98 Å². The van der Waals surface area contributed by atoms with Crippen LogP contribution >= 0.6 is 0 Å². The second kappa shape index (κ2) is 7.81. The smallest absolute Gasteiger partial charge is 0.243 e. The summed E-state index contributed by atoms with van der Waals surface area (Å²) in [5, 5.41) is 0. The first-order chi connectivity index (χ1) is 12.5. The van der Waals surface area contributed by atoms with Gasteiger partial charge >= 0.3 is 0 Å². The molecule has 0 bridgehead atoms. The normalized spacial score (nSPS) is 11.7. The highest BCUT2D eigenvalue weighted by molar-refractivity contribution is 7.89. The molecule has 2 aromatic carbocycles. The van der Waals surface area contributed by atoms with E-state index >= 15 is 0 Å². The molecule has 1 aromatic heterocycles. The zero-order valence-corrected chi connectivity index (χ0v) is 15.8. The van der Waals surface area contributed by atoms with Crippen LogP contribution in [-0.2, 0) is 23.1 Å². The average Bonchev–Trinajstić information content (AvgIpc) is 2.64. The molecule has 0 fully saturated rings. The Kier molecular flexibility index (Phi) is 5.49. The predicted octanol–water partition coefficient (Wildman–Crippen LogP) is 4.09. The van der Waals surface area contributed by atoms with Gasteiger partial charge in [0.1, 0.15) is 0 Å². The van der Waals surface area contributed by atoms with Crippen molar-refractivity contribution in [1.82, 2.24) is 9.29 Å². The fourth-order valence-electron chi connectivity index (χ4n) is 2.82. The van der Waals surface area contributed by atoms with Gasteiger partial charge in [0.15, 0.2) is 0 Å². The highest BCUT2D eigenvalue weighted by Gasteiger charge is 2.25. The number of nitrogens with zero attached hydrogens (tertiary/aromatic N) is 2. The molecule has 3 rings (SSSR count). The Balaban J connectivity index is 2.00. The Morgan fingerprint density at radius 2 is 1.73 bits per heavy atom. The number of sulfonamides is 1. The summed E-state index contributed by atoms with van der Waals surface area (Å²) in [4.78, 5) is 4.42. The monoisotopic (exact) mass is 366 g/mol. The van der Waals surface area contributed by atoms with Crippen LogP contribution in [0.1, 0.15) is 22.3 Å². The van der Waals surface area contributed by atoms with E-state index in [2.05, 4.69) is 4.98 Å². The summed E-state index contributed by atoms with van der Waals surface area (Å²) < 4.78 is 28.1. The van der Waals surface area contributed by atoms with Crippen molar-refractivity contribution in [1.29, 1.82) is 0 Å². The Hall–Kier alpha value is -2.50. The van der Waals surface area contributed by atoms with E-state index in [9.17, 15) is 8.42 Å². The highest BCUT2D eigenvalue weighted by atomic mass is 32.2. The summed E-state index contributed by atoms with van der Waals surface area (Å²) in [6.07, 6.45) is 3.39. The molecule has 134 valence electrons. The zero-order chi connectivity index (χ0) is 18.6. The average molecular weight is 366 g/mol. The third-order valence-corrected chi connectivity index (χ3v) is 6.10. The lowest BCUT2D eigenvalue weighted by atomic mass is 10.1. The van der Waals surface area contributed by atoms with Gasteiger partial charge in [0.05, 0.1) is 4.90 Å². The molecule has 0 saturated heterocycles. The predicted molar refractivity (Wildman–Crippen MR) is 103 cm³/mol. The maximum Gasteiger partial charge on any atom is 0.243 e. The molecule has 0 radical (unpaired) electrons. The molecule has 1 heterocycles. The van der Waals surface area contributed by atoms with Crippen molar-refractivity contribution >= 4 is 10.0 Å². The number of rotatable bonds is 6. The van der Waals surface area contributed by atoms with Crippen LogP contribution < -0.4 is 0 Å². The van der Waals surface area contributed by atoms with Crippen LogP contribution in [0.25, 0.3) is 0 Å². The fraction of sp³-hybridized carbons (Fsp3) is 0.190. The molecule has 0 aliphatic carbocycles. The zero-order valence-electron chi connectivity index (χ0n) is 15.0. The quantitative estimate of drug-likeness (QED) is 0.660. The van der Waals surface area contributed by atoms with Crippen LogP contribution in [0.2, 0.25) is 0 Å². The maximum absolute atomic E-state index is 13.3. The molecule has 4 nitrogen and oxygen atoms in total. The molecule has 0 saturated carbocycles. The minimum absolute atomic E-state index is 0.276. The van der Waals surface area contributed by atoms with E-state index in [1.165, 1.54) is 4.31 Å². The third-order valence-electron chi connectivity index (χ3n) is 4.32. The van der Waals surface area contributed by atoms with Crippen LogP contribution in [0.3, 0.4) is 0 Å². The lowest BCUT2D eigenvalue weighted by Crippen LogP contribution is -2.30. The van der Waals surface area contributed by atoms with Crippen molar-refractivity contribution in [2.45, 2.75) is 31.8 Å². The van der Waals surface area contributed by atoms with Gasteiger partial charge in [-0.1, -0.05) is 42.5 Å². The lowest BCUT2D eigenvalue weighted by molar-refractivity contribution is 0.400. The van der Waals surface area contributed by atoms with Gasteiger partial charge in [-0.15, -0.1) is 0 Å². The molecule has 0 unspecified atom stereocenters. The van der Waals surface area contributed by atoms with Gasteiger partial charge < -0.3 is 0 Å². The number of pyridine rings is 1. The lowest BCUT2D eigenvalue weighted by Gasteiger charge is -2.23. The standard InChI is InChI=1S/C21H22N2O2S/c1-17-7-5-11-21(13-17)26(24,25)23(15-19-9-6-12-22-14-19)16-20-10-4-3-8-18(20)2/h3-14H,15-16H2,1-2H3. The molecule has 0 aliphatic heterocycles. The molecule has 0 amide bonds. The van der Waals surface area contributed by atoms with Gasteiger partial charge in [0.2, 0.25) is 10.0 Å². The Labute approximate surface area is 155 Å². The Morgan fingerprint density at radius 1 is 0.923 bits per heavy atom. The first kappa shape index (κ1) is 18.3. The van der Waals surface area contributed by atoms with Crippen LogP contribution in [0.15, 0.2) is 78.0 Å². The molecule has 3 aromatic rings. The maximum atomic E-state index is 13.3. The van der Waals surface area contributed by atoms with E-state index in [1.807, 2.05) is 56.3 Å². The summed E-state index contributed by atoms with van der Waals surface area (Å²) in [7, 11) is -3.63. The summed E-state index contributed by atoms with van der Waals surface area (Å²) in [5.74, 6) is 0. The number of hydrogen-bond donors (Lipinski definition) is 0. The number of hydrogen-bond acceptors (Lipinski definition) is 3. The van der Waals surface area contributed by atoms with Gasteiger partial charge in [-0.2, -0.15) is 4.31 Å². The van der Waals surface area contributed by atoms with E-state index in [-0.39, 0.29) is 6.54 Å². The summed E-state index contributed by atoms with van der Waals surface area (Å²) in [6.45, 7) is 4.49. The van der Waals surface area contributed by atoms with E-state index in [4.69, 9.17) is 0 Å². The molecular formula is C21H22N2O2S. The highest BCUT2D eigenvalue weighted by Crippen LogP contribution is 2.22. The van der Waals surface area contributed by atoms with Crippen molar-refractivity contribution in [2.24, 2.45) is 0 Å². The second-order valence-corrected chi connectivity index (χ2v) is 8.32. The van der Waals surface area contributed by atoms with E-state index in [0.29, 0.717) is 11.4 Å². The minimum atomic E-state index is -3.63. The largest absolute Gasteiger partial charge is 0.264 e. The van der Waals surface area contributed by atoms with E-state index in [1.54, 1.807) is 30.6 Å². The molecule has 0 N–H and O–H groups in total.